The number of hydrogen-bond acceptors (Lipinski definition) is 0. The third kappa shape index (κ3) is 6.39. The van der Waals surface area contributed by atoms with Crippen molar-refractivity contribution in [2.45, 2.75) is 51.5 Å². The van der Waals surface area contributed by atoms with E-state index < -0.39 is 0 Å². The lowest BCUT2D eigenvalue weighted by molar-refractivity contribution is -0.697. The highest BCUT2D eigenvalue weighted by atomic mass is 14.9. The molecule has 1 rings (SSSR count). The first-order valence-corrected chi connectivity index (χ1v) is 6.48. The van der Waals surface area contributed by atoms with Crippen LogP contribution in [-0.2, 0) is 6.54 Å². The van der Waals surface area contributed by atoms with E-state index in [1.165, 1.54) is 44.9 Å². The number of allylic oxidation sites excluding steroid dienone is 1. The number of aromatic nitrogens is 1. The molecule has 1 heteroatoms. The van der Waals surface area contributed by atoms with Gasteiger partial charge in [-0.05, 0) is 19.3 Å². The molecule has 1 heterocycles. The van der Waals surface area contributed by atoms with Crippen molar-refractivity contribution in [1.29, 1.82) is 0 Å². The largest absolute Gasteiger partial charge is 0.205 e. The lowest BCUT2D eigenvalue weighted by Crippen LogP contribution is -2.32. The minimum absolute atomic E-state index is 1.16. The molecule has 0 aliphatic carbocycles. The summed E-state index contributed by atoms with van der Waals surface area (Å²) in [4.78, 5) is 0. The molecule has 0 N–H and O–H groups in total. The van der Waals surface area contributed by atoms with Crippen molar-refractivity contribution in [2.75, 3.05) is 0 Å². The fourth-order valence-corrected chi connectivity index (χ4v) is 1.87. The van der Waals surface area contributed by atoms with Crippen molar-refractivity contribution in [3.05, 3.63) is 43.2 Å². The van der Waals surface area contributed by atoms with Gasteiger partial charge in [0.25, 0.3) is 0 Å². The van der Waals surface area contributed by atoms with E-state index in [2.05, 4.69) is 41.7 Å². The van der Waals surface area contributed by atoms with Gasteiger partial charge in [-0.25, -0.2) is 4.57 Å². The van der Waals surface area contributed by atoms with Crippen LogP contribution in [-0.4, -0.2) is 0 Å². The van der Waals surface area contributed by atoms with Crippen LogP contribution in [0.25, 0.3) is 0 Å². The van der Waals surface area contributed by atoms with E-state index in [0.29, 0.717) is 0 Å². The summed E-state index contributed by atoms with van der Waals surface area (Å²) in [7, 11) is 0. The first kappa shape index (κ1) is 13.0. The Morgan fingerprint density at radius 2 is 1.44 bits per heavy atom. The Kier molecular flexibility index (Phi) is 7.40. The van der Waals surface area contributed by atoms with Gasteiger partial charge in [0.1, 0.15) is 6.54 Å². The standard InChI is InChI=1S/C15H24N/c1-2-3-4-5-6-7-8-10-13-16-14-11-9-12-15-16/h2,9,11-12,14-15H,1,3-8,10,13H2/q+1. The van der Waals surface area contributed by atoms with E-state index in [0.717, 1.165) is 6.54 Å². The molecule has 0 saturated heterocycles. The third-order valence-electron chi connectivity index (χ3n) is 2.85. The number of rotatable bonds is 9. The molecule has 0 fully saturated rings. The van der Waals surface area contributed by atoms with E-state index in [1.54, 1.807) is 0 Å². The predicted octanol–water partition coefficient (Wildman–Crippen LogP) is 3.89. The number of pyridine rings is 1. The van der Waals surface area contributed by atoms with Crippen LogP contribution in [0.4, 0.5) is 0 Å². The van der Waals surface area contributed by atoms with Crippen molar-refractivity contribution in [3.8, 4) is 0 Å². The van der Waals surface area contributed by atoms with Crippen molar-refractivity contribution in [3.63, 3.8) is 0 Å². The molecule has 0 amide bonds. The molecule has 0 aromatic carbocycles. The molecule has 0 saturated carbocycles. The van der Waals surface area contributed by atoms with E-state index in [-0.39, 0.29) is 0 Å². The molecule has 0 bridgehead atoms. The minimum Gasteiger partial charge on any atom is -0.205 e. The molecular formula is C15H24N+. The Morgan fingerprint density at radius 3 is 2.12 bits per heavy atom. The summed E-state index contributed by atoms with van der Waals surface area (Å²) in [5, 5.41) is 0. The van der Waals surface area contributed by atoms with E-state index in [4.69, 9.17) is 0 Å². The molecule has 1 nitrogen and oxygen atoms in total. The molecule has 0 atom stereocenters. The minimum atomic E-state index is 1.16. The van der Waals surface area contributed by atoms with Crippen LogP contribution in [0.15, 0.2) is 43.2 Å². The average Bonchev–Trinajstić information content (AvgIpc) is 2.34. The van der Waals surface area contributed by atoms with Gasteiger partial charge in [0.05, 0.1) is 0 Å². The summed E-state index contributed by atoms with van der Waals surface area (Å²) in [6.45, 7) is 4.90. The van der Waals surface area contributed by atoms with Gasteiger partial charge in [-0.15, -0.1) is 6.58 Å². The first-order valence-electron chi connectivity index (χ1n) is 6.48. The van der Waals surface area contributed by atoms with Crippen LogP contribution in [0, 0.1) is 0 Å². The van der Waals surface area contributed by atoms with Crippen LogP contribution in [0.2, 0.25) is 0 Å². The van der Waals surface area contributed by atoms with Gasteiger partial charge >= 0.3 is 0 Å². The Hall–Kier alpha value is -1.11. The second kappa shape index (κ2) is 9.14. The van der Waals surface area contributed by atoms with Crippen LogP contribution in [0.1, 0.15) is 44.9 Å². The SMILES string of the molecule is C=CCCCCCCCC[n+]1ccccc1. The van der Waals surface area contributed by atoms with Crippen LogP contribution >= 0.6 is 0 Å². The zero-order valence-electron chi connectivity index (χ0n) is 10.3. The first-order chi connectivity index (χ1) is 7.93. The molecule has 16 heavy (non-hydrogen) atoms. The van der Waals surface area contributed by atoms with Crippen LogP contribution in [0.3, 0.4) is 0 Å². The molecule has 0 unspecified atom stereocenters. The molecule has 0 spiro atoms. The zero-order valence-corrected chi connectivity index (χ0v) is 10.3. The molecule has 0 radical (unpaired) electrons. The summed E-state index contributed by atoms with van der Waals surface area (Å²) < 4.78 is 2.26. The summed E-state index contributed by atoms with van der Waals surface area (Å²) >= 11 is 0. The van der Waals surface area contributed by atoms with Gasteiger partial charge in [-0.3, -0.25) is 0 Å². The Labute approximate surface area is 99.8 Å². The smallest absolute Gasteiger partial charge is 0.168 e. The fourth-order valence-electron chi connectivity index (χ4n) is 1.87. The lowest BCUT2D eigenvalue weighted by atomic mass is 10.1. The number of nitrogens with zero attached hydrogens (tertiary/aromatic N) is 1. The Morgan fingerprint density at radius 1 is 0.812 bits per heavy atom. The predicted molar refractivity (Wildman–Crippen MR) is 69.2 cm³/mol. The molecule has 88 valence electrons. The molecular weight excluding hydrogens is 194 g/mol. The second-order valence-corrected chi connectivity index (χ2v) is 4.31. The lowest BCUT2D eigenvalue weighted by Gasteiger charge is -1.99. The van der Waals surface area contributed by atoms with Gasteiger partial charge in [0.15, 0.2) is 12.4 Å². The molecule has 1 aromatic heterocycles. The fraction of sp³-hybridized carbons (Fsp3) is 0.533. The van der Waals surface area contributed by atoms with Gasteiger partial charge in [0, 0.05) is 18.6 Å². The van der Waals surface area contributed by atoms with E-state index in [9.17, 15) is 0 Å². The van der Waals surface area contributed by atoms with Crippen LogP contribution in [0.5, 0.6) is 0 Å². The quantitative estimate of drug-likeness (QED) is 0.336. The van der Waals surface area contributed by atoms with Gasteiger partial charge in [-0.2, -0.15) is 0 Å². The highest BCUT2D eigenvalue weighted by Gasteiger charge is 1.97. The summed E-state index contributed by atoms with van der Waals surface area (Å²) in [5.41, 5.74) is 0. The van der Waals surface area contributed by atoms with E-state index >= 15 is 0 Å². The maximum Gasteiger partial charge on any atom is 0.168 e. The summed E-state index contributed by atoms with van der Waals surface area (Å²) in [5.74, 6) is 0. The van der Waals surface area contributed by atoms with Gasteiger partial charge < -0.3 is 0 Å². The van der Waals surface area contributed by atoms with E-state index in [1.807, 2.05) is 6.08 Å². The molecule has 0 aliphatic rings. The van der Waals surface area contributed by atoms with Crippen LogP contribution < -0.4 is 4.57 Å². The number of unbranched alkanes of at least 4 members (excludes halogenated alkanes) is 6. The zero-order chi connectivity index (χ0) is 11.5. The number of hydrogen-bond donors (Lipinski definition) is 0. The monoisotopic (exact) mass is 218 g/mol. The Balaban J connectivity index is 1.90. The van der Waals surface area contributed by atoms with Crippen molar-refractivity contribution >= 4 is 0 Å². The molecule has 1 aromatic rings. The normalized spacial score (nSPS) is 10.2. The molecule has 0 aliphatic heterocycles. The highest BCUT2D eigenvalue weighted by molar-refractivity contribution is 4.83. The summed E-state index contributed by atoms with van der Waals surface area (Å²) in [6.07, 6.45) is 15.6. The highest BCUT2D eigenvalue weighted by Crippen LogP contribution is 2.07. The Bertz CT molecular complexity index is 266. The second-order valence-electron chi connectivity index (χ2n) is 4.31. The third-order valence-corrected chi connectivity index (χ3v) is 2.85. The maximum atomic E-state index is 3.74. The van der Waals surface area contributed by atoms with Gasteiger partial charge in [-0.1, -0.05) is 31.4 Å². The average molecular weight is 218 g/mol. The van der Waals surface area contributed by atoms with Crippen molar-refractivity contribution in [2.24, 2.45) is 0 Å². The van der Waals surface area contributed by atoms with Gasteiger partial charge in [0.2, 0.25) is 0 Å². The number of aryl methyl sites for hydroxylation is 1. The summed E-state index contributed by atoms with van der Waals surface area (Å²) in [6, 6.07) is 6.25. The maximum absolute atomic E-state index is 3.74. The topological polar surface area (TPSA) is 3.88 Å². The van der Waals surface area contributed by atoms with Crippen molar-refractivity contribution in [1.82, 2.24) is 0 Å². The van der Waals surface area contributed by atoms with Crippen molar-refractivity contribution < 1.29 is 4.57 Å².